The van der Waals surface area contributed by atoms with Gasteiger partial charge in [0.25, 0.3) is 0 Å². The second-order valence-corrected chi connectivity index (χ2v) is 4.16. The van der Waals surface area contributed by atoms with Crippen LogP contribution < -0.4 is 0 Å². The van der Waals surface area contributed by atoms with Crippen LogP contribution in [0, 0.1) is 0 Å². The zero-order chi connectivity index (χ0) is 9.90. The van der Waals surface area contributed by atoms with Gasteiger partial charge in [-0.25, -0.2) is 0 Å². The monoisotopic (exact) mass is 203 g/mol. The summed E-state index contributed by atoms with van der Waals surface area (Å²) in [5.41, 5.74) is -0.632. The summed E-state index contributed by atoms with van der Waals surface area (Å²) in [5, 5.41) is 9.99. The van der Waals surface area contributed by atoms with Crippen LogP contribution in [-0.4, -0.2) is 40.9 Å². The molecule has 0 aromatic carbocycles. The van der Waals surface area contributed by atoms with Crippen molar-refractivity contribution in [2.75, 3.05) is 19.3 Å². The SMILES string of the molecule is CN(CC1(O)CCCC1)C(=O)CS. The van der Waals surface area contributed by atoms with Gasteiger partial charge in [-0.1, -0.05) is 12.8 Å². The maximum Gasteiger partial charge on any atom is 0.232 e. The predicted octanol–water partition coefficient (Wildman–Crippen LogP) is 0.680. The second kappa shape index (κ2) is 4.33. The standard InChI is InChI=1S/C9H17NO2S/c1-10(8(11)6-13)7-9(12)4-2-3-5-9/h12-13H,2-7H2,1H3. The fourth-order valence-electron chi connectivity index (χ4n) is 1.84. The number of rotatable bonds is 3. The van der Waals surface area contributed by atoms with Crippen LogP contribution in [0.3, 0.4) is 0 Å². The van der Waals surface area contributed by atoms with Gasteiger partial charge < -0.3 is 10.0 Å². The lowest BCUT2D eigenvalue weighted by Crippen LogP contribution is -2.42. The number of hydrogen-bond acceptors (Lipinski definition) is 3. The van der Waals surface area contributed by atoms with Crippen LogP contribution in [0.2, 0.25) is 0 Å². The highest BCUT2D eigenvalue weighted by Crippen LogP contribution is 2.29. The lowest BCUT2D eigenvalue weighted by Gasteiger charge is -2.28. The molecule has 1 aliphatic rings. The maximum atomic E-state index is 11.2. The number of thiol groups is 1. The van der Waals surface area contributed by atoms with Gasteiger partial charge in [0.2, 0.25) is 5.91 Å². The van der Waals surface area contributed by atoms with Crippen molar-refractivity contribution in [3.63, 3.8) is 0 Å². The van der Waals surface area contributed by atoms with Crippen molar-refractivity contribution in [1.82, 2.24) is 4.90 Å². The lowest BCUT2D eigenvalue weighted by molar-refractivity contribution is -0.130. The lowest BCUT2D eigenvalue weighted by atomic mass is 10.0. The normalized spacial score (nSPS) is 20.2. The van der Waals surface area contributed by atoms with E-state index in [1.54, 1.807) is 11.9 Å². The third-order valence-corrected chi connectivity index (χ3v) is 2.90. The molecule has 3 nitrogen and oxygen atoms in total. The Morgan fingerprint density at radius 1 is 1.54 bits per heavy atom. The molecule has 0 radical (unpaired) electrons. The highest BCUT2D eigenvalue weighted by atomic mass is 32.1. The van der Waals surface area contributed by atoms with Crippen molar-refractivity contribution in [3.05, 3.63) is 0 Å². The van der Waals surface area contributed by atoms with E-state index in [0.29, 0.717) is 6.54 Å². The Hall–Kier alpha value is -0.220. The van der Waals surface area contributed by atoms with Crippen LogP contribution >= 0.6 is 12.6 Å². The molecule has 0 aromatic rings. The Morgan fingerprint density at radius 2 is 2.08 bits per heavy atom. The molecule has 0 heterocycles. The van der Waals surface area contributed by atoms with Gasteiger partial charge in [-0.05, 0) is 12.8 Å². The molecule has 4 heteroatoms. The van der Waals surface area contributed by atoms with E-state index < -0.39 is 5.60 Å². The average Bonchev–Trinajstić information content (AvgIpc) is 2.50. The van der Waals surface area contributed by atoms with Gasteiger partial charge in [0.1, 0.15) is 0 Å². The number of likely N-dealkylation sites (N-methyl/N-ethyl adjacent to an activating group) is 1. The molecule has 0 saturated heterocycles. The topological polar surface area (TPSA) is 40.5 Å². The van der Waals surface area contributed by atoms with Gasteiger partial charge in [-0.3, -0.25) is 4.79 Å². The van der Waals surface area contributed by atoms with Crippen molar-refractivity contribution in [2.45, 2.75) is 31.3 Å². The van der Waals surface area contributed by atoms with E-state index >= 15 is 0 Å². The first-order valence-electron chi connectivity index (χ1n) is 4.65. The molecule has 0 aromatic heterocycles. The quantitative estimate of drug-likeness (QED) is 0.662. The molecule has 1 saturated carbocycles. The third-order valence-electron chi connectivity index (χ3n) is 2.63. The van der Waals surface area contributed by atoms with Gasteiger partial charge in [0, 0.05) is 13.6 Å². The van der Waals surface area contributed by atoms with Gasteiger partial charge in [-0.2, -0.15) is 12.6 Å². The van der Waals surface area contributed by atoms with Crippen LogP contribution in [-0.2, 0) is 4.79 Å². The maximum absolute atomic E-state index is 11.2. The van der Waals surface area contributed by atoms with Crippen LogP contribution in [0.4, 0.5) is 0 Å². The molecular weight excluding hydrogens is 186 g/mol. The molecular formula is C9H17NO2S. The Labute approximate surface area is 84.5 Å². The fourth-order valence-corrected chi connectivity index (χ4v) is 2.08. The van der Waals surface area contributed by atoms with Crippen LogP contribution in [0.5, 0.6) is 0 Å². The Morgan fingerprint density at radius 3 is 2.54 bits per heavy atom. The van der Waals surface area contributed by atoms with E-state index in [0.717, 1.165) is 25.7 Å². The summed E-state index contributed by atoms with van der Waals surface area (Å²) in [6.07, 6.45) is 3.77. The summed E-state index contributed by atoms with van der Waals surface area (Å²) in [6.45, 7) is 0.451. The minimum absolute atomic E-state index is 0.0244. The molecule has 0 unspecified atom stereocenters. The van der Waals surface area contributed by atoms with Gasteiger partial charge in [0.05, 0.1) is 11.4 Å². The Balaban J connectivity index is 2.42. The first-order valence-corrected chi connectivity index (χ1v) is 5.28. The fraction of sp³-hybridized carbons (Fsp3) is 0.889. The molecule has 76 valence electrons. The minimum Gasteiger partial charge on any atom is -0.388 e. The smallest absolute Gasteiger partial charge is 0.232 e. The molecule has 1 rings (SSSR count). The predicted molar refractivity (Wildman–Crippen MR) is 54.9 cm³/mol. The van der Waals surface area contributed by atoms with Gasteiger partial charge in [0.15, 0.2) is 0 Å². The van der Waals surface area contributed by atoms with Crippen molar-refractivity contribution in [3.8, 4) is 0 Å². The highest BCUT2D eigenvalue weighted by molar-refractivity contribution is 7.81. The molecule has 0 aliphatic heterocycles. The van der Waals surface area contributed by atoms with Crippen molar-refractivity contribution >= 4 is 18.5 Å². The van der Waals surface area contributed by atoms with E-state index in [1.165, 1.54) is 0 Å². The van der Waals surface area contributed by atoms with Gasteiger partial charge >= 0.3 is 0 Å². The van der Waals surface area contributed by atoms with E-state index in [-0.39, 0.29) is 11.7 Å². The summed E-state index contributed by atoms with van der Waals surface area (Å²) in [7, 11) is 1.72. The molecule has 0 atom stereocenters. The zero-order valence-electron chi connectivity index (χ0n) is 7.99. The highest BCUT2D eigenvalue weighted by Gasteiger charge is 2.33. The Kier molecular flexibility index (Phi) is 3.62. The first-order chi connectivity index (χ1) is 6.07. The largest absolute Gasteiger partial charge is 0.388 e. The van der Waals surface area contributed by atoms with E-state index in [1.807, 2.05) is 0 Å². The summed E-state index contributed by atoms with van der Waals surface area (Å²) in [5.74, 6) is 0.190. The molecule has 1 amide bonds. The minimum atomic E-state index is -0.632. The summed E-state index contributed by atoms with van der Waals surface area (Å²) in [4.78, 5) is 12.7. The molecule has 1 aliphatic carbocycles. The molecule has 0 bridgehead atoms. The van der Waals surface area contributed by atoms with E-state index in [4.69, 9.17) is 0 Å². The number of carbonyl (C=O) groups excluding carboxylic acids is 1. The summed E-state index contributed by atoms with van der Waals surface area (Å²) in [6, 6.07) is 0. The van der Waals surface area contributed by atoms with Crippen LogP contribution in [0.15, 0.2) is 0 Å². The van der Waals surface area contributed by atoms with Crippen molar-refractivity contribution in [1.29, 1.82) is 0 Å². The molecule has 13 heavy (non-hydrogen) atoms. The average molecular weight is 203 g/mol. The van der Waals surface area contributed by atoms with Crippen molar-refractivity contribution in [2.24, 2.45) is 0 Å². The van der Waals surface area contributed by atoms with Gasteiger partial charge in [-0.15, -0.1) is 0 Å². The number of hydrogen-bond donors (Lipinski definition) is 2. The summed E-state index contributed by atoms with van der Waals surface area (Å²) >= 11 is 3.91. The van der Waals surface area contributed by atoms with Crippen molar-refractivity contribution < 1.29 is 9.90 Å². The third kappa shape index (κ3) is 2.88. The number of aliphatic hydroxyl groups is 1. The number of nitrogens with zero attached hydrogens (tertiary/aromatic N) is 1. The molecule has 1 fully saturated rings. The van der Waals surface area contributed by atoms with Crippen LogP contribution in [0.25, 0.3) is 0 Å². The van der Waals surface area contributed by atoms with E-state index in [9.17, 15) is 9.90 Å². The number of carbonyl (C=O) groups is 1. The Bertz CT molecular complexity index is 190. The van der Waals surface area contributed by atoms with Crippen LogP contribution in [0.1, 0.15) is 25.7 Å². The molecule has 1 N–H and O–H groups in total. The zero-order valence-corrected chi connectivity index (χ0v) is 8.89. The molecule has 0 spiro atoms. The van der Waals surface area contributed by atoms with E-state index in [2.05, 4.69) is 12.6 Å². The first kappa shape index (κ1) is 10.9. The number of amides is 1. The second-order valence-electron chi connectivity index (χ2n) is 3.84. The summed E-state index contributed by atoms with van der Waals surface area (Å²) < 4.78 is 0.